The first-order valence-corrected chi connectivity index (χ1v) is 4.69. The van der Waals surface area contributed by atoms with Crippen molar-refractivity contribution in [1.82, 2.24) is 14.5 Å². The second kappa shape index (κ2) is 2.70. The van der Waals surface area contributed by atoms with Crippen LogP contribution in [0.15, 0.2) is 35.5 Å². The summed E-state index contributed by atoms with van der Waals surface area (Å²) in [4.78, 5) is 19.0. The third kappa shape index (κ3) is 1.01. The van der Waals surface area contributed by atoms with E-state index in [4.69, 9.17) is 0 Å². The number of H-pyrrole nitrogens is 1. The van der Waals surface area contributed by atoms with Crippen molar-refractivity contribution >= 4 is 21.9 Å². The molecule has 0 aliphatic heterocycles. The number of nitrogens with zero attached hydrogens (tertiary/aromatic N) is 2. The molecule has 0 saturated carbocycles. The van der Waals surface area contributed by atoms with E-state index < -0.39 is 0 Å². The molecular formula is C11H9N3O. The Morgan fingerprint density at radius 2 is 2.20 bits per heavy atom. The van der Waals surface area contributed by atoms with Crippen molar-refractivity contribution in [1.29, 1.82) is 0 Å². The summed E-state index contributed by atoms with van der Waals surface area (Å²) in [5.41, 5.74) is 2.57. The van der Waals surface area contributed by atoms with E-state index in [-0.39, 0.29) is 5.43 Å². The zero-order valence-electron chi connectivity index (χ0n) is 8.19. The van der Waals surface area contributed by atoms with Gasteiger partial charge in [-0.2, -0.15) is 0 Å². The minimum atomic E-state index is 0.00745. The average molecular weight is 199 g/mol. The number of aromatic amines is 1. The third-order valence-corrected chi connectivity index (χ3v) is 2.62. The van der Waals surface area contributed by atoms with E-state index in [1.54, 1.807) is 12.5 Å². The van der Waals surface area contributed by atoms with Gasteiger partial charge in [-0.1, -0.05) is 0 Å². The Morgan fingerprint density at radius 1 is 1.33 bits per heavy atom. The summed E-state index contributed by atoms with van der Waals surface area (Å²) >= 11 is 0. The molecule has 0 spiro atoms. The molecule has 0 atom stereocenters. The molecule has 2 heterocycles. The molecule has 0 aliphatic rings. The molecule has 2 aromatic heterocycles. The highest BCUT2D eigenvalue weighted by Crippen LogP contribution is 2.18. The van der Waals surface area contributed by atoms with Crippen molar-refractivity contribution in [3.05, 3.63) is 40.9 Å². The normalized spacial score (nSPS) is 11.3. The number of hydrogen-bond donors (Lipinski definition) is 1. The lowest BCUT2D eigenvalue weighted by Gasteiger charge is -1.98. The summed E-state index contributed by atoms with van der Waals surface area (Å²) in [6.45, 7) is 0. The van der Waals surface area contributed by atoms with Crippen molar-refractivity contribution in [2.45, 2.75) is 0 Å². The highest BCUT2D eigenvalue weighted by molar-refractivity contribution is 6.02. The van der Waals surface area contributed by atoms with Crippen LogP contribution in [-0.4, -0.2) is 14.5 Å². The molecule has 0 amide bonds. The van der Waals surface area contributed by atoms with Crippen molar-refractivity contribution in [2.24, 2.45) is 7.05 Å². The van der Waals surface area contributed by atoms with Gasteiger partial charge in [0.05, 0.1) is 22.7 Å². The molecule has 3 rings (SSSR count). The Balaban J connectivity index is 2.70. The second-order valence-electron chi connectivity index (χ2n) is 3.55. The maximum atomic E-state index is 11.7. The number of nitrogens with one attached hydrogen (secondary N) is 1. The standard InChI is InChI=1S/C11H9N3O/c1-14-6-13-11-8(14)3-2-7-10(11)9(15)4-5-12-7/h2-6H,1H3,(H,12,15). The largest absolute Gasteiger partial charge is 0.361 e. The van der Waals surface area contributed by atoms with Crippen molar-refractivity contribution in [3.8, 4) is 0 Å². The third-order valence-electron chi connectivity index (χ3n) is 2.62. The Kier molecular flexibility index (Phi) is 1.48. The maximum absolute atomic E-state index is 11.7. The van der Waals surface area contributed by atoms with Gasteiger partial charge in [0.25, 0.3) is 0 Å². The highest BCUT2D eigenvalue weighted by atomic mass is 16.1. The average Bonchev–Trinajstić information content (AvgIpc) is 2.61. The van der Waals surface area contributed by atoms with Gasteiger partial charge in [-0.05, 0) is 12.1 Å². The summed E-state index contributed by atoms with van der Waals surface area (Å²) in [5.74, 6) is 0. The van der Waals surface area contributed by atoms with Crippen LogP contribution < -0.4 is 5.43 Å². The molecule has 74 valence electrons. The van der Waals surface area contributed by atoms with Crippen molar-refractivity contribution in [2.75, 3.05) is 0 Å². The summed E-state index contributed by atoms with van der Waals surface area (Å²) in [6.07, 6.45) is 3.37. The Morgan fingerprint density at radius 3 is 3.07 bits per heavy atom. The number of hydrogen-bond acceptors (Lipinski definition) is 2. The van der Waals surface area contributed by atoms with Crippen LogP contribution in [0.5, 0.6) is 0 Å². The highest BCUT2D eigenvalue weighted by Gasteiger charge is 2.07. The van der Waals surface area contributed by atoms with Crippen molar-refractivity contribution < 1.29 is 0 Å². The number of benzene rings is 1. The molecule has 4 heteroatoms. The minimum absolute atomic E-state index is 0.00745. The molecule has 4 nitrogen and oxygen atoms in total. The van der Waals surface area contributed by atoms with E-state index in [9.17, 15) is 4.79 Å². The van der Waals surface area contributed by atoms with Gasteiger partial charge in [0.2, 0.25) is 0 Å². The predicted molar refractivity (Wildman–Crippen MR) is 58.8 cm³/mol. The lowest BCUT2D eigenvalue weighted by atomic mass is 10.2. The van der Waals surface area contributed by atoms with Crippen LogP contribution in [0.25, 0.3) is 21.9 Å². The van der Waals surface area contributed by atoms with E-state index in [2.05, 4.69) is 9.97 Å². The van der Waals surface area contributed by atoms with Crippen LogP contribution in [0, 0.1) is 0 Å². The van der Waals surface area contributed by atoms with Gasteiger partial charge in [-0.3, -0.25) is 4.79 Å². The quantitative estimate of drug-likeness (QED) is 0.595. The molecule has 0 bridgehead atoms. The van der Waals surface area contributed by atoms with Gasteiger partial charge < -0.3 is 9.55 Å². The number of fused-ring (bicyclic) bond motifs is 3. The number of pyridine rings is 1. The van der Waals surface area contributed by atoms with Gasteiger partial charge in [0.1, 0.15) is 5.52 Å². The smallest absolute Gasteiger partial charge is 0.191 e. The van der Waals surface area contributed by atoms with Crippen LogP contribution in [0.4, 0.5) is 0 Å². The monoisotopic (exact) mass is 199 g/mol. The number of imidazole rings is 1. The predicted octanol–water partition coefficient (Wildman–Crippen LogP) is 1.41. The molecule has 0 unspecified atom stereocenters. The first kappa shape index (κ1) is 8.23. The SMILES string of the molecule is Cn1cnc2c3c(=O)cc[nH]c3ccc21. The van der Waals surface area contributed by atoms with E-state index in [0.29, 0.717) is 5.39 Å². The van der Waals surface area contributed by atoms with E-state index in [1.807, 2.05) is 23.7 Å². The lowest BCUT2D eigenvalue weighted by molar-refractivity contribution is 0.948. The summed E-state index contributed by atoms with van der Waals surface area (Å²) in [6, 6.07) is 5.39. The van der Waals surface area contributed by atoms with E-state index in [1.165, 1.54) is 6.07 Å². The Bertz CT molecular complexity index is 708. The summed E-state index contributed by atoms with van der Waals surface area (Å²) in [7, 11) is 1.91. The maximum Gasteiger partial charge on any atom is 0.191 e. The molecular weight excluding hydrogens is 190 g/mol. The zero-order valence-corrected chi connectivity index (χ0v) is 8.19. The van der Waals surface area contributed by atoms with Crippen LogP contribution in [0.3, 0.4) is 0 Å². The van der Waals surface area contributed by atoms with E-state index in [0.717, 1.165) is 16.6 Å². The first-order valence-electron chi connectivity index (χ1n) is 4.69. The van der Waals surface area contributed by atoms with Crippen LogP contribution in [-0.2, 0) is 7.05 Å². The van der Waals surface area contributed by atoms with Crippen molar-refractivity contribution in [3.63, 3.8) is 0 Å². The molecule has 1 aromatic carbocycles. The van der Waals surface area contributed by atoms with Crippen LogP contribution in [0.2, 0.25) is 0 Å². The lowest BCUT2D eigenvalue weighted by Crippen LogP contribution is -2.00. The Hall–Kier alpha value is -2.10. The molecule has 3 aromatic rings. The van der Waals surface area contributed by atoms with Crippen LogP contribution >= 0.6 is 0 Å². The molecule has 0 aliphatic carbocycles. The van der Waals surface area contributed by atoms with Gasteiger partial charge in [0.15, 0.2) is 5.43 Å². The van der Waals surface area contributed by atoms with Gasteiger partial charge >= 0.3 is 0 Å². The fourth-order valence-electron chi connectivity index (χ4n) is 1.86. The van der Waals surface area contributed by atoms with Crippen LogP contribution in [0.1, 0.15) is 0 Å². The summed E-state index contributed by atoms with van der Waals surface area (Å²) < 4.78 is 1.90. The molecule has 0 saturated heterocycles. The van der Waals surface area contributed by atoms with Gasteiger partial charge in [-0.25, -0.2) is 4.98 Å². The fourth-order valence-corrected chi connectivity index (χ4v) is 1.86. The van der Waals surface area contributed by atoms with Gasteiger partial charge in [0, 0.05) is 19.3 Å². The second-order valence-corrected chi connectivity index (χ2v) is 3.55. The number of rotatable bonds is 0. The number of aryl methyl sites for hydroxylation is 1. The Labute approximate surface area is 85.2 Å². The summed E-state index contributed by atoms with van der Waals surface area (Å²) in [5, 5.41) is 0.663. The first-order chi connectivity index (χ1) is 7.27. The number of aromatic nitrogens is 3. The fraction of sp³-hybridized carbons (Fsp3) is 0.0909. The van der Waals surface area contributed by atoms with E-state index >= 15 is 0 Å². The molecule has 1 N–H and O–H groups in total. The molecule has 15 heavy (non-hydrogen) atoms. The minimum Gasteiger partial charge on any atom is -0.361 e. The molecule has 0 radical (unpaired) electrons. The zero-order chi connectivity index (χ0) is 10.4. The molecule has 0 fully saturated rings. The van der Waals surface area contributed by atoms with Gasteiger partial charge in [-0.15, -0.1) is 0 Å². The topological polar surface area (TPSA) is 50.7 Å².